The van der Waals surface area contributed by atoms with E-state index in [0.717, 1.165) is 21.2 Å². The zero-order valence-electron chi connectivity index (χ0n) is 10.2. The summed E-state index contributed by atoms with van der Waals surface area (Å²) in [7, 11) is 0. The molecule has 0 radical (unpaired) electrons. The Morgan fingerprint density at radius 1 is 1.31 bits per heavy atom. The third-order valence-electron chi connectivity index (χ3n) is 2.77. The Hall–Kier alpha value is -0.540. The van der Waals surface area contributed by atoms with Gasteiger partial charge in [-0.1, -0.05) is 29.8 Å². The highest BCUT2D eigenvalue weighted by Crippen LogP contribution is 2.36. The number of phenols is 1. The van der Waals surface area contributed by atoms with Gasteiger partial charge in [0, 0.05) is 16.5 Å². The van der Waals surface area contributed by atoms with Gasteiger partial charge in [0.15, 0.2) is 0 Å². The Balaban J connectivity index is 3.33. The van der Waals surface area contributed by atoms with E-state index in [0.29, 0.717) is 12.2 Å². The van der Waals surface area contributed by atoms with E-state index in [1.165, 1.54) is 0 Å². The molecule has 0 aliphatic heterocycles. The van der Waals surface area contributed by atoms with Crippen molar-refractivity contribution < 1.29 is 10.2 Å². The van der Waals surface area contributed by atoms with Crippen molar-refractivity contribution >= 4 is 15.9 Å². The number of aliphatic hydroxyl groups excluding tert-OH is 1. The van der Waals surface area contributed by atoms with E-state index >= 15 is 0 Å². The largest absolute Gasteiger partial charge is 0.507 e. The monoisotopic (exact) mass is 286 g/mol. The third kappa shape index (κ3) is 2.77. The second kappa shape index (κ2) is 5.19. The molecule has 1 atom stereocenters. The normalized spacial score (nSPS) is 13.2. The lowest BCUT2D eigenvalue weighted by molar-refractivity contribution is 0.194. The molecule has 2 N–H and O–H groups in total. The van der Waals surface area contributed by atoms with Crippen LogP contribution in [0.5, 0.6) is 5.75 Å². The molecule has 0 saturated carbocycles. The average molecular weight is 287 g/mol. The lowest BCUT2D eigenvalue weighted by Crippen LogP contribution is -2.07. The van der Waals surface area contributed by atoms with Crippen LogP contribution in [0.1, 0.15) is 43.4 Å². The molecule has 1 unspecified atom stereocenters. The lowest BCUT2D eigenvalue weighted by atomic mass is 9.93. The Morgan fingerprint density at radius 2 is 1.88 bits per heavy atom. The summed E-state index contributed by atoms with van der Waals surface area (Å²) >= 11 is 3.50. The highest BCUT2D eigenvalue weighted by atomic mass is 79.9. The first-order chi connectivity index (χ1) is 7.34. The highest BCUT2D eigenvalue weighted by molar-refractivity contribution is 9.10. The molecule has 0 saturated heterocycles. The lowest BCUT2D eigenvalue weighted by Gasteiger charge is -2.17. The van der Waals surface area contributed by atoms with Crippen molar-refractivity contribution in [2.24, 2.45) is 0 Å². The molecule has 0 amide bonds. The number of aromatic hydroxyl groups is 1. The van der Waals surface area contributed by atoms with Crippen molar-refractivity contribution in [3.63, 3.8) is 0 Å². The maximum atomic E-state index is 10.2. The second-order valence-corrected chi connectivity index (χ2v) is 5.46. The van der Waals surface area contributed by atoms with Gasteiger partial charge in [-0.15, -0.1) is 0 Å². The minimum atomic E-state index is -0.445. The van der Waals surface area contributed by atoms with Gasteiger partial charge < -0.3 is 10.2 Å². The van der Waals surface area contributed by atoms with Crippen LogP contribution < -0.4 is 0 Å². The zero-order valence-corrected chi connectivity index (χ0v) is 11.8. The summed E-state index contributed by atoms with van der Waals surface area (Å²) in [4.78, 5) is 0. The van der Waals surface area contributed by atoms with Crippen LogP contribution in [0.2, 0.25) is 0 Å². The first-order valence-corrected chi connectivity index (χ1v) is 6.32. The minimum Gasteiger partial charge on any atom is -0.507 e. The summed E-state index contributed by atoms with van der Waals surface area (Å²) in [5.41, 5.74) is 2.77. The van der Waals surface area contributed by atoms with Crippen molar-refractivity contribution in [1.29, 1.82) is 0 Å². The predicted molar refractivity (Wildman–Crippen MR) is 70.0 cm³/mol. The predicted octanol–water partition coefficient (Wildman–Crippen LogP) is 3.51. The van der Waals surface area contributed by atoms with Crippen molar-refractivity contribution in [3.8, 4) is 5.75 Å². The van der Waals surface area contributed by atoms with E-state index in [4.69, 9.17) is 0 Å². The van der Waals surface area contributed by atoms with E-state index < -0.39 is 6.10 Å². The first-order valence-electron chi connectivity index (χ1n) is 5.53. The maximum absolute atomic E-state index is 10.2. The van der Waals surface area contributed by atoms with Crippen LogP contribution in [0.15, 0.2) is 10.5 Å². The number of phenolic OH excluding ortho intramolecular Hbond substituents is 1. The SMILES string of the molecule is Cc1c(Br)cc(C(C)C)c(O)c1CC(C)O. The van der Waals surface area contributed by atoms with Gasteiger partial charge in [0.2, 0.25) is 0 Å². The summed E-state index contributed by atoms with van der Waals surface area (Å²) in [6.45, 7) is 7.77. The molecule has 1 rings (SSSR count). The molecular formula is C13H19BrO2. The van der Waals surface area contributed by atoms with Gasteiger partial charge in [0.1, 0.15) is 5.75 Å². The number of aliphatic hydroxyl groups is 1. The molecule has 2 nitrogen and oxygen atoms in total. The van der Waals surface area contributed by atoms with Crippen LogP contribution in [0.25, 0.3) is 0 Å². The fourth-order valence-corrected chi connectivity index (χ4v) is 2.28. The van der Waals surface area contributed by atoms with E-state index in [-0.39, 0.29) is 5.92 Å². The van der Waals surface area contributed by atoms with E-state index in [2.05, 4.69) is 15.9 Å². The molecule has 0 heterocycles. The molecule has 0 spiro atoms. The van der Waals surface area contributed by atoms with Crippen molar-refractivity contribution in [1.82, 2.24) is 0 Å². The van der Waals surface area contributed by atoms with Crippen molar-refractivity contribution in [3.05, 3.63) is 27.2 Å². The Kier molecular flexibility index (Phi) is 4.39. The molecular weight excluding hydrogens is 268 g/mol. The van der Waals surface area contributed by atoms with Gasteiger partial charge in [-0.3, -0.25) is 0 Å². The van der Waals surface area contributed by atoms with Crippen LogP contribution in [-0.4, -0.2) is 16.3 Å². The Bertz CT molecular complexity index is 384. The van der Waals surface area contributed by atoms with Gasteiger partial charge in [0.25, 0.3) is 0 Å². The zero-order chi connectivity index (χ0) is 12.5. The maximum Gasteiger partial charge on any atom is 0.122 e. The van der Waals surface area contributed by atoms with Crippen molar-refractivity contribution in [2.75, 3.05) is 0 Å². The molecule has 90 valence electrons. The summed E-state index contributed by atoms with van der Waals surface area (Å²) in [6, 6.07) is 1.96. The molecule has 16 heavy (non-hydrogen) atoms. The minimum absolute atomic E-state index is 0.268. The first kappa shape index (κ1) is 13.5. The van der Waals surface area contributed by atoms with Crippen LogP contribution in [-0.2, 0) is 6.42 Å². The number of benzene rings is 1. The van der Waals surface area contributed by atoms with Gasteiger partial charge in [-0.2, -0.15) is 0 Å². The van der Waals surface area contributed by atoms with Gasteiger partial charge in [-0.05, 0) is 37.0 Å². The summed E-state index contributed by atoms with van der Waals surface area (Å²) < 4.78 is 0.990. The molecule has 0 fully saturated rings. The topological polar surface area (TPSA) is 40.5 Å². The van der Waals surface area contributed by atoms with Gasteiger partial charge >= 0.3 is 0 Å². The summed E-state index contributed by atoms with van der Waals surface area (Å²) in [5, 5.41) is 19.6. The Morgan fingerprint density at radius 3 is 2.31 bits per heavy atom. The van der Waals surface area contributed by atoms with Crippen LogP contribution in [0.3, 0.4) is 0 Å². The number of rotatable bonds is 3. The van der Waals surface area contributed by atoms with Crippen LogP contribution >= 0.6 is 15.9 Å². The second-order valence-electron chi connectivity index (χ2n) is 4.61. The molecule has 1 aromatic rings. The quantitative estimate of drug-likeness (QED) is 0.893. The van der Waals surface area contributed by atoms with Crippen molar-refractivity contribution in [2.45, 2.75) is 46.1 Å². The molecule has 0 aliphatic rings. The highest BCUT2D eigenvalue weighted by Gasteiger charge is 2.16. The standard InChI is InChI=1S/C13H19BrO2/c1-7(2)10-6-12(14)9(4)11(13(10)16)5-8(3)15/h6-8,15-16H,5H2,1-4H3. The smallest absolute Gasteiger partial charge is 0.122 e. The number of halogens is 1. The fraction of sp³-hybridized carbons (Fsp3) is 0.538. The summed E-state index contributed by atoms with van der Waals surface area (Å²) in [6.07, 6.45) is 0.0375. The van der Waals surface area contributed by atoms with E-state index in [9.17, 15) is 10.2 Å². The molecule has 0 bridgehead atoms. The van der Waals surface area contributed by atoms with Crippen LogP contribution in [0, 0.1) is 6.92 Å². The number of hydrogen-bond acceptors (Lipinski definition) is 2. The van der Waals surface area contributed by atoms with Gasteiger partial charge in [0.05, 0.1) is 6.10 Å². The summed E-state index contributed by atoms with van der Waals surface area (Å²) in [5.74, 6) is 0.598. The van der Waals surface area contributed by atoms with Crippen LogP contribution in [0.4, 0.5) is 0 Å². The third-order valence-corrected chi connectivity index (χ3v) is 3.60. The molecule has 1 aromatic carbocycles. The van der Waals surface area contributed by atoms with E-state index in [1.54, 1.807) is 6.92 Å². The molecule has 3 heteroatoms. The Labute approximate surface area is 105 Å². The number of hydrogen-bond donors (Lipinski definition) is 2. The fourth-order valence-electron chi connectivity index (χ4n) is 1.79. The average Bonchev–Trinajstić information content (AvgIpc) is 2.17. The van der Waals surface area contributed by atoms with E-state index in [1.807, 2.05) is 26.8 Å². The van der Waals surface area contributed by atoms with Gasteiger partial charge in [-0.25, -0.2) is 0 Å². The molecule has 0 aromatic heterocycles. The molecule has 0 aliphatic carbocycles.